The minimum Gasteiger partial charge on any atom is -0.343 e. The van der Waals surface area contributed by atoms with E-state index in [2.05, 4.69) is 33.2 Å². The molecule has 4 aromatic heterocycles. The molecule has 0 bridgehead atoms. The van der Waals surface area contributed by atoms with Crippen molar-refractivity contribution in [1.82, 2.24) is 34.6 Å². The van der Waals surface area contributed by atoms with Gasteiger partial charge in [-0.2, -0.15) is 14.8 Å². The number of halogens is 1. The van der Waals surface area contributed by atoms with Crippen LogP contribution < -0.4 is 0 Å². The second-order valence-corrected chi connectivity index (χ2v) is 9.98. The molecule has 1 N–H and O–H groups in total. The van der Waals surface area contributed by atoms with Gasteiger partial charge in [-0.05, 0) is 49.1 Å². The van der Waals surface area contributed by atoms with Crippen molar-refractivity contribution in [2.24, 2.45) is 0 Å². The Hall–Kier alpha value is -3.46. The lowest BCUT2D eigenvalue weighted by Gasteiger charge is -2.29. The topological polar surface area (TPSA) is 99.5 Å². The largest absolute Gasteiger partial charge is 0.343 e. The molecule has 0 spiro atoms. The van der Waals surface area contributed by atoms with Crippen LogP contribution in [0, 0.1) is 0 Å². The van der Waals surface area contributed by atoms with Crippen LogP contribution >= 0.6 is 11.6 Å². The number of aromatic amines is 1. The minimum atomic E-state index is -0.399. The maximum atomic E-state index is 13.4. The Morgan fingerprint density at radius 2 is 2.09 bits per heavy atom. The second kappa shape index (κ2) is 8.34. The van der Waals surface area contributed by atoms with Crippen LogP contribution in [0.4, 0.5) is 0 Å². The number of hydrogen-bond donors (Lipinski definition) is 1. The van der Waals surface area contributed by atoms with Crippen molar-refractivity contribution in [2.45, 2.75) is 37.6 Å². The van der Waals surface area contributed by atoms with Gasteiger partial charge >= 0.3 is 0 Å². The lowest BCUT2D eigenvalue weighted by atomic mass is 9.86. The van der Waals surface area contributed by atoms with Crippen molar-refractivity contribution in [3.8, 4) is 11.1 Å². The van der Waals surface area contributed by atoms with Gasteiger partial charge in [0, 0.05) is 54.1 Å². The average molecular weight is 492 g/mol. The summed E-state index contributed by atoms with van der Waals surface area (Å²) in [6.45, 7) is 4.03. The molecule has 2 aliphatic rings. The lowest BCUT2D eigenvalue weighted by molar-refractivity contribution is -0.142. The van der Waals surface area contributed by atoms with Crippen LogP contribution in [0.2, 0.25) is 0 Å². The van der Waals surface area contributed by atoms with E-state index in [-0.39, 0.29) is 23.1 Å². The number of H-pyrrole nitrogens is 1. The van der Waals surface area contributed by atoms with Crippen LogP contribution in [0.1, 0.15) is 31.9 Å². The smallest absolute Gasteiger partial charge is 0.245 e. The standard InChI is InChI=1S/C25H26ClN7O2/c1-25(7-11-31(15-25)24(35)20-5-3-10-32(20)22(34)13-26)21-12-17-16(6-9-27-23(17)30-21)18-14-29-33-19(18)4-2-8-28-33/h2,4,6,8-9,12,14,20H,3,5,7,10-11,13,15H2,1H3,(H,27,30)/t20-,25?/m1/s1. The van der Waals surface area contributed by atoms with E-state index in [9.17, 15) is 9.59 Å². The van der Waals surface area contributed by atoms with Crippen LogP contribution in [-0.2, 0) is 15.0 Å². The third-order valence-electron chi connectivity index (χ3n) is 7.53. The second-order valence-electron chi connectivity index (χ2n) is 9.71. The molecule has 2 atom stereocenters. The predicted octanol–water partition coefficient (Wildman–Crippen LogP) is 2.99. The van der Waals surface area contributed by atoms with Crippen LogP contribution in [0.5, 0.6) is 0 Å². The molecule has 0 saturated carbocycles. The van der Waals surface area contributed by atoms with E-state index < -0.39 is 6.04 Å². The number of carbonyl (C=O) groups is 2. The summed E-state index contributed by atoms with van der Waals surface area (Å²) in [5.41, 5.74) is 4.58. The maximum absolute atomic E-state index is 13.4. The fourth-order valence-corrected chi connectivity index (χ4v) is 5.76. The summed E-state index contributed by atoms with van der Waals surface area (Å²) in [4.78, 5) is 37.2. The Bertz CT molecular complexity index is 1450. The van der Waals surface area contributed by atoms with Crippen molar-refractivity contribution in [3.63, 3.8) is 0 Å². The molecule has 0 aromatic carbocycles. The predicted molar refractivity (Wildman–Crippen MR) is 132 cm³/mol. The number of likely N-dealkylation sites (tertiary alicyclic amines) is 2. The third kappa shape index (κ3) is 3.56. The molecule has 9 nitrogen and oxygen atoms in total. The van der Waals surface area contributed by atoms with Crippen molar-refractivity contribution in [1.29, 1.82) is 0 Å². The van der Waals surface area contributed by atoms with E-state index in [1.807, 2.05) is 29.3 Å². The van der Waals surface area contributed by atoms with Gasteiger partial charge in [-0.25, -0.2) is 4.98 Å². The van der Waals surface area contributed by atoms with Gasteiger partial charge in [-0.15, -0.1) is 11.6 Å². The lowest BCUT2D eigenvalue weighted by Crippen LogP contribution is -2.48. The number of amides is 2. The Labute approximate surface area is 207 Å². The Kier molecular flexibility index (Phi) is 5.25. The first-order valence-corrected chi connectivity index (χ1v) is 12.4. The molecular formula is C25H26ClN7O2. The molecule has 2 amide bonds. The van der Waals surface area contributed by atoms with E-state index >= 15 is 0 Å². The van der Waals surface area contributed by atoms with Crippen LogP contribution in [0.25, 0.3) is 27.7 Å². The first-order valence-electron chi connectivity index (χ1n) is 11.9. The SMILES string of the molecule is CC1(c2cc3c(-c4cnn5ncccc45)ccnc3[nH]2)CCN(C(=O)[C@H]2CCCN2C(=O)CCl)C1. The molecule has 1 unspecified atom stereocenters. The Morgan fingerprint density at radius 3 is 2.94 bits per heavy atom. The fourth-order valence-electron chi connectivity index (χ4n) is 5.61. The van der Waals surface area contributed by atoms with E-state index in [1.165, 1.54) is 0 Å². The number of carbonyl (C=O) groups excluding carboxylic acids is 2. The van der Waals surface area contributed by atoms with E-state index in [0.717, 1.165) is 46.2 Å². The summed E-state index contributed by atoms with van der Waals surface area (Å²) in [5, 5.41) is 9.68. The zero-order chi connectivity index (χ0) is 24.2. The van der Waals surface area contributed by atoms with Gasteiger partial charge in [0.2, 0.25) is 11.8 Å². The van der Waals surface area contributed by atoms with Crippen LogP contribution in [0.15, 0.2) is 42.9 Å². The van der Waals surface area contributed by atoms with Crippen LogP contribution in [0.3, 0.4) is 0 Å². The van der Waals surface area contributed by atoms with Gasteiger partial charge in [-0.1, -0.05) is 6.92 Å². The highest BCUT2D eigenvalue weighted by molar-refractivity contribution is 6.27. The van der Waals surface area contributed by atoms with Crippen molar-refractivity contribution in [3.05, 3.63) is 48.5 Å². The highest BCUT2D eigenvalue weighted by Crippen LogP contribution is 2.38. The van der Waals surface area contributed by atoms with Gasteiger partial charge in [0.1, 0.15) is 17.6 Å². The summed E-state index contributed by atoms with van der Waals surface area (Å²) in [6.07, 6.45) is 7.70. The molecule has 0 radical (unpaired) electrons. The van der Waals surface area contributed by atoms with Crippen molar-refractivity contribution >= 4 is 40.0 Å². The minimum absolute atomic E-state index is 0.0264. The number of nitrogens with zero attached hydrogens (tertiary/aromatic N) is 6. The molecule has 2 saturated heterocycles. The third-order valence-corrected chi connectivity index (χ3v) is 7.76. The molecule has 35 heavy (non-hydrogen) atoms. The number of hydrogen-bond acceptors (Lipinski definition) is 5. The number of aromatic nitrogens is 5. The molecule has 10 heteroatoms. The zero-order valence-corrected chi connectivity index (χ0v) is 20.2. The molecule has 6 heterocycles. The number of nitrogens with one attached hydrogen (secondary N) is 1. The Balaban J connectivity index is 1.30. The number of fused-ring (bicyclic) bond motifs is 2. The maximum Gasteiger partial charge on any atom is 0.245 e. The van der Waals surface area contributed by atoms with Crippen molar-refractivity contribution < 1.29 is 9.59 Å². The summed E-state index contributed by atoms with van der Waals surface area (Å²) >= 11 is 5.77. The van der Waals surface area contributed by atoms with Gasteiger partial charge < -0.3 is 14.8 Å². The van der Waals surface area contributed by atoms with Gasteiger partial charge in [-0.3, -0.25) is 9.59 Å². The molecule has 6 rings (SSSR count). The van der Waals surface area contributed by atoms with Crippen molar-refractivity contribution in [2.75, 3.05) is 25.5 Å². The molecule has 0 aliphatic carbocycles. The average Bonchev–Trinajstić information content (AvgIpc) is 3.67. The van der Waals surface area contributed by atoms with E-state index in [0.29, 0.717) is 26.1 Å². The highest BCUT2D eigenvalue weighted by Gasteiger charge is 2.43. The van der Waals surface area contributed by atoms with Gasteiger partial charge in [0.25, 0.3) is 0 Å². The summed E-state index contributed by atoms with van der Waals surface area (Å²) in [6, 6.07) is 7.66. The summed E-state index contributed by atoms with van der Waals surface area (Å²) in [7, 11) is 0. The van der Waals surface area contributed by atoms with E-state index in [4.69, 9.17) is 11.6 Å². The van der Waals surface area contributed by atoms with Crippen LogP contribution in [-0.4, -0.2) is 78.0 Å². The monoisotopic (exact) mass is 491 g/mol. The molecule has 180 valence electrons. The number of alkyl halides is 1. The zero-order valence-electron chi connectivity index (χ0n) is 19.4. The molecular weight excluding hydrogens is 466 g/mol. The number of pyridine rings is 1. The quantitative estimate of drug-likeness (QED) is 0.442. The Morgan fingerprint density at radius 1 is 1.20 bits per heavy atom. The molecule has 2 aliphatic heterocycles. The molecule has 4 aromatic rings. The first-order chi connectivity index (χ1) is 17.0. The first kappa shape index (κ1) is 22.0. The normalized spacial score (nSPS) is 22.5. The number of rotatable bonds is 4. The highest BCUT2D eigenvalue weighted by atomic mass is 35.5. The van der Waals surface area contributed by atoms with Gasteiger partial charge in [0.15, 0.2) is 0 Å². The fraction of sp³-hybridized carbons (Fsp3) is 0.400. The summed E-state index contributed by atoms with van der Waals surface area (Å²) < 4.78 is 1.62. The van der Waals surface area contributed by atoms with Gasteiger partial charge in [0.05, 0.1) is 11.7 Å². The summed E-state index contributed by atoms with van der Waals surface area (Å²) in [5.74, 6) is -0.227. The van der Waals surface area contributed by atoms with E-state index in [1.54, 1.807) is 21.9 Å². The molecule has 2 fully saturated rings.